The first-order valence-corrected chi connectivity index (χ1v) is 14.2. The molecule has 0 saturated heterocycles. The number of hydrogen-bond acceptors (Lipinski definition) is 3. The Morgan fingerprint density at radius 2 is 1.06 bits per heavy atom. The fourth-order valence-electron chi connectivity index (χ4n) is 3.06. The third kappa shape index (κ3) is 15.6. The molecule has 0 aromatic heterocycles. The predicted octanol–water partition coefficient (Wildman–Crippen LogP) is 6.90. The summed E-state index contributed by atoms with van der Waals surface area (Å²) in [6.07, 6.45) is 0. The molecule has 0 N–H and O–H groups in total. The minimum atomic E-state index is -0.750. The monoisotopic (exact) mass is 551 g/mol. The Kier molecular flexibility index (Phi) is 13.8. The van der Waals surface area contributed by atoms with E-state index in [4.69, 9.17) is 3.50 Å². The van der Waals surface area contributed by atoms with Crippen molar-refractivity contribution in [3.63, 3.8) is 0 Å². The third-order valence-electron chi connectivity index (χ3n) is 4.28. The van der Waals surface area contributed by atoms with Crippen LogP contribution in [0.2, 0.25) is 0 Å². The van der Waals surface area contributed by atoms with Crippen molar-refractivity contribution in [3.05, 3.63) is 65.2 Å². The van der Waals surface area contributed by atoms with Gasteiger partial charge in [-0.2, -0.15) is 0 Å². The second-order valence-corrected chi connectivity index (χ2v) is 13.3. The van der Waals surface area contributed by atoms with Gasteiger partial charge < -0.3 is 10.2 Å². The van der Waals surface area contributed by atoms with Gasteiger partial charge in [0.05, 0.1) is 0 Å². The summed E-state index contributed by atoms with van der Waals surface area (Å²) in [5.74, 6) is 1.08. The van der Waals surface area contributed by atoms with Crippen molar-refractivity contribution >= 4 is 10.1 Å². The molecule has 0 atom stereocenters. The van der Waals surface area contributed by atoms with Gasteiger partial charge in [0.2, 0.25) is 0 Å². The van der Waals surface area contributed by atoms with Gasteiger partial charge in [-0.15, -0.1) is 11.2 Å². The number of nitrogens with zero attached hydrogens (tertiary/aromatic N) is 1. The van der Waals surface area contributed by atoms with Crippen molar-refractivity contribution in [2.75, 3.05) is 0 Å². The zero-order valence-corrected chi connectivity index (χ0v) is 25.5. The quantitative estimate of drug-likeness (QED) is 0.381. The van der Waals surface area contributed by atoms with Crippen LogP contribution in [-0.4, -0.2) is 15.6 Å². The Morgan fingerprint density at radius 1 is 0.676 bits per heavy atom. The summed E-state index contributed by atoms with van der Waals surface area (Å²) in [5.41, 5.74) is 4.14. The fraction of sp³-hybridized carbons (Fsp3) is 0.567. The maximum atomic E-state index is 10.1. The van der Waals surface area contributed by atoms with Gasteiger partial charge in [0.1, 0.15) is 0 Å². The van der Waals surface area contributed by atoms with Crippen LogP contribution in [0.1, 0.15) is 112 Å². The summed E-state index contributed by atoms with van der Waals surface area (Å²) in [7, 11) is 0. The second kappa shape index (κ2) is 14.3. The molecule has 0 radical (unpaired) electrons. The van der Waals surface area contributed by atoms with Gasteiger partial charge in [0, 0.05) is 0 Å². The van der Waals surface area contributed by atoms with E-state index >= 15 is 0 Å². The van der Waals surface area contributed by atoms with Gasteiger partial charge in [-0.25, -0.2) is 0 Å². The van der Waals surface area contributed by atoms with Crippen molar-refractivity contribution in [3.8, 4) is 0 Å². The van der Waals surface area contributed by atoms with Crippen LogP contribution in [0.25, 0.3) is 0 Å². The van der Waals surface area contributed by atoms with Gasteiger partial charge in [0.25, 0.3) is 0 Å². The summed E-state index contributed by atoms with van der Waals surface area (Å²) in [6, 6.07) is 17.2. The molecule has 0 unspecified atom stereocenters. The molecule has 2 aromatic carbocycles. The van der Waals surface area contributed by atoms with Crippen molar-refractivity contribution < 1.29 is 28.1 Å². The van der Waals surface area contributed by atoms with Gasteiger partial charge in [-0.05, 0) is 0 Å². The number of rotatable bonds is 5. The maximum absolute atomic E-state index is 10.1. The zero-order valence-electron chi connectivity index (χ0n) is 23.5. The van der Waals surface area contributed by atoms with E-state index in [0.29, 0.717) is 11.8 Å². The van der Waals surface area contributed by atoms with Crippen LogP contribution in [0.15, 0.2) is 52.0 Å². The van der Waals surface area contributed by atoms with Gasteiger partial charge in [0.15, 0.2) is 0 Å². The van der Waals surface area contributed by atoms with E-state index in [1.807, 2.05) is 6.07 Å². The molecule has 3 nitrogen and oxygen atoms in total. The Bertz CT molecular complexity index is 861. The Labute approximate surface area is 217 Å². The molecule has 2 aromatic rings. The molecule has 0 bridgehead atoms. The van der Waals surface area contributed by atoms with E-state index in [0.717, 1.165) is 5.69 Å². The Morgan fingerprint density at radius 3 is 1.41 bits per heavy atom. The summed E-state index contributed by atoms with van der Waals surface area (Å²) >= 11 is -0.529. The molecule has 190 valence electrons. The van der Waals surface area contributed by atoms with E-state index in [1.165, 1.54) is 16.7 Å². The molecule has 0 aliphatic rings. The van der Waals surface area contributed by atoms with E-state index < -0.39 is 29.1 Å². The number of hydrogen-bond donors (Lipinski definition) is 0. The van der Waals surface area contributed by atoms with Crippen LogP contribution in [0.5, 0.6) is 0 Å². The third-order valence-corrected chi connectivity index (χ3v) is 6.76. The van der Waals surface area contributed by atoms with Crippen LogP contribution >= 0.6 is 0 Å². The summed E-state index contributed by atoms with van der Waals surface area (Å²) in [4.78, 5) is 0. The molecule has 0 fully saturated rings. The fourth-order valence-corrected chi connectivity index (χ4v) is 4.73. The summed E-state index contributed by atoms with van der Waals surface area (Å²) in [5, 5.41) is 20.2. The molecule has 0 spiro atoms. The average Bonchev–Trinajstić information content (AvgIpc) is 2.65. The number of benzene rings is 2. The van der Waals surface area contributed by atoms with E-state index in [9.17, 15) is 10.2 Å². The SMILES string of the molecule is CC(C)(C)[O-].CC(C)(C)[O-].CC(C)c1cccc(C(C)C)c1C(C)(C)[CH]=[Mo+2]=[N]c1ccccc1. The van der Waals surface area contributed by atoms with Crippen LogP contribution in [0, 0.1) is 0 Å². The topological polar surface area (TPSA) is 58.5 Å². The first-order valence-electron chi connectivity index (χ1n) is 12.1. The first-order chi connectivity index (χ1) is 15.3. The predicted molar refractivity (Wildman–Crippen MR) is 142 cm³/mol. The van der Waals surface area contributed by atoms with Crippen molar-refractivity contribution in [2.45, 2.75) is 112 Å². The van der Waals surface area contributed by atoms with E-state index in [2.05, 4.69) is 88.4 Å². The first kappa shape index (κ1) is 32.7. The molecular formula is C30H47MoNO2. The molecule has 0 aliphatic heterocycles. The molecular weight excluding hydrogens is 502 g/mol. The molecule has 0 aliphatic carbocycles. The summed E-state index contributed by atoms with van der Waals surface area (Å²) < 4.78 is 7.32. The molecule has 0 amide bonds. The molecule has 0 heterocycles. The normalized spacial score (nSPS) is 11.6. The van der Waals surface area contributed by atoms with Crippen LogP contribution in [0.4, 0.5) is 5.69 Å². The van der Waals surface area contributed by atoms with Crippen molar-refractivity contribution in [1.29, 1.82) is 0 Å². The Balaban J connectivity index is 0.000000916. The summed E-state index contributed by atoms with van der Waals surface area (Å²) in [6.45, 7) is 23.7. The van der Waals surface area contributed by atoms with Gasteiger partial charge in [-0.1, -0.05) is 41.5 Å². The van der Waals surface area contributed by atoms with E-state index in [1.54, 1.807) is 41.5 Å². The Hall–Kier alpha value is -1.28. The van der Waals surface area contributed by atoms with Crippen molar-refractivity contribution in [1.82, 2.24) is 0 Å². The standard InChI is InChI=1S/C16H24.C6H5N.2C4H9O.Mo/c1-11(2)13-9-8-10-14(12(3)4)15(13)16(5,6)7;7-6-4-2-1-3-5-6;2*1-4(2,3)5;/h5,8-12H,1-4,6-7H3;1-5H;2*1-3H3;/q;;2*-1;+2. The van der Waals surface area contributed by atoms with Gasteiger partial charge >= 0.3 is 156 Å². The zero-order chi connectivity index (χ0) is 26.7. The van der Waals surface area contributed by atoms with E-state index in [-0.39, 0.29) is 5.41 Å². The second-order valence-electron chi connectivity index (χ2n) is 11.7. The minimum absolute atomic E-state index is 0.0565. The van der Waals surface area contributed by atoms with Crippen LogP contribution in [0.3, 0.4) is 0 Å². The molecule has 4 heteroatoms. The molecule has 34 heavy (non-hydrogen) atoms. The molecule has 0 saturated carbocycles. The average molecular weight is 550 g/mol. The molecule has 2 rings (SSSR count). The van der Waals surface area contributed by atoms with Crippen molar-refractivity contribution in [2.24, 2.45) is 3.50 Å². The van der Waals surface area contributed by atoms with Gasteiger partial charge in [-0.3, -0.25) is 0 Å². The van der Waals surface area contributed by atoms with Crippen LogP contribution in [-0.2, 0) is 23.3 Å². The van der Waals surface area contributed by atoms with Crippen LogP contribution < -0.4 is 10.2 Å².